The van der Waals surface area contributed by atoms with Gasteiger partial charge in [0.05, 0.1) is 30.5 Å². The van der Waals surface area contributed by atoms with Crippen LogP contribution in [0.5, 0.6) is 0 Å². The fourth-order valence-corrected chi connectivity index (χ4v) is 4.02. The van der Waals surface area contributed by atoms with Crippen molar-refractivity contribution in [3.05, 3.63) is 58.0 Å². The molecule has 0 unspecified atom stereocenters. The summed E-state index contributed by atoms with van der Waals surface area (Å²) in [5, 5.41) is 0. The zero-order valence-corrected chi connectivity index (χ0v) is 17.0. The quantitative estimate of drug-likeness (QED) is 0.738. The molecule has 2 aromatic rings. The lowest BCUT2D eigenvalue weighted by Gasteiger charge is -2.29. The lowest BCUT2D eigenvalue weighted by Crippen LogP contribution is -2.42. The van der Waals surface area contributed by atoms with Crippen LogP contribution < -0.4 is 5.56 Å². The molecule has 9 heteroatoms. The minimum absolute atomic E-state index is 0.0347. The zero-order valence-electron chi connectivity index (χ0n) is 17.0. The molecule has 2 saturated heterocycles. The predicted octanol–water partition coefficient (Wildman–Crippen LogP) is 0.783. The summed E-state index contributed by atoms with van der Waals surface area (Å²) in [6.45, 7) is 4.37. The van der Waals surface area contributed by atoms with E-state index in [9.17, 15) is 14.4 Å². The number of likely N-dealkylation sites (tertiary alicyclic amines) is 1. The second-order valence-corrected chi connectivity index (χ2v) is 7.53. The van der Waals surface area contributed by atoms with E-state index in [1.165, 1.54) is 10.6 Å². The van der Waals surface area contributed by atoms with E-state index >= 15 is 0 Å². The van der Waals surface area contributed by atoms with Crippen LogP contribution in [0.25, 0.3) is 0 Å². The van der Waals surface area contributed by atoms with Crippen molar-refractivity contribution in [2.75, 3.05) is 32.8 Å². The molecule has 4 heterocycles. The van der Waals surface area contributed by atoms with Gasteiger partial charge in [-0.1, -0.05) is 6.07 Å². The van der Waals surface area contributed by atoms with E-state index in [4.69, 9.17) is 4.74 Å². The van der Waals surface area contributed by atoms with Crippen LogP contribution in [0.15, 0.2) is 35.4 Å². The molecule has 2 aliphatic rings. The Balaban J connectivity index is 1.61. The Hall–Kier alpha value is -3.07. The van der Waals surface area contributed by atoms with Gasteiger partial charge < -0.3 is 19.1 Å². The van der Waals surface area contributed by atoms with E-state index in [0.717, 1.165) is 12.8 Å². The summed E-state index contributed by atoms with van der Waals surface area (Å²) in [4.78, 5) is 50.5. The molecule has 0 saturated carbocycles. The topological polar surface area (TPSA) is 97.6 Å². The molecule has 4 rings (SSSR count). The van der Waals surface area contributed by atoms with Crippen LogP contribution >= 0.6 is 0 Å². The fourth-order valence-electron chi connectivity index (χ4n) is 4.02. The normalized spacial score (nSPS) is 19.2. The Morgan fingerprint density at radius 3 is 2.77 bits per heavy atom. The summed E-state index contributed by atoms with van der Waals surface area (Å²) in [7, 11) is 0. The first-order valence-electron chi connectivity index (χ1n) is 10.2. The van der Waals surface area contributed by atoms with E-state index in [-0.39, 0.29) is 30.0 Å². The number of ether oxygens (including phenoxy) is 1. The smallest absolute Gasteiger partial charge is 0.257 e. The number of pyridine rings is 1. The molecule has 0 aliphatic carbocycles. The molecular weight excluding hydrogens is 386 g/mol. The number of amides is 2. The highest BCUT2D eigenvalue weighted by Gasteiger charge is 2.35. The highest BCUT2D eigenvalue weighted by Crippen LogP contribution is 2.33. The molecular formula is C21H25N5O4. The maximum Gasteiger partial charge on any atom is 0.257 e. The van der Waals surface area contributed by atoms with Gasteiger partial charge in [0.2, 0.25) is 5.91 Å². The number of nitrogens with zero attached hydrogens (tertiary/aromatic N) is 5. The molecule has 0 spiro atoms. The van der Waals surface area contributed by atoms with Gasteiger partial charge in [-0.15, -0.1) is 0 Å². The molecule has 2 aliphatic heterocycles. The summed E-state index contributed by atoms with van der Waals surface area (Å²) in [6, 6.07) is 4.50. The van der Waals surface area contributed by atoms with Gasteiger partial charge in [-0.05, 0) is 25.8 Å². The van der Waals surface area contributed by atoms with E-state index in [2.05, 4.69) is 9.97 Å². The predicted molar refractivity (Wildman–Crippen MR) is 108 cm³/mol. The average Bonchev–Trinajstić information content (AvgIpc) is 3.25. The molecule has 0 aromatic carbocycles. The largest absolute Gasteiger partial charge is 0.378 e. The Bertz CT molecular complexity index is 999. The highest BCUT2D eigenvalue weighted by molar-refractivity contribution is 5.95. The number of carbonyl (C=O) groups excluding carboxylic acids is 2. The van der Waals surface area contributed by atoms with E-state index in [1.54, 1.807) is 41.2 Å². The Morgan fingerprint density at radius 1 is 1.20 bits per heavy atom. The molecule has 0 bridgehead atoms. The van der Waals surface area contributed by atoms with Crippen LogP contribution in [0, 0.1) is 6.92 Å². The number of hydrogen-bond donors (Lipinski definition) is 0. The third-order valence-corrected chi connectivity index (χ3v) is 5.56. The number of morpholine rings is 1. The van der Waals surface area contributed by atoms with Gasteiger partial charge in [0, 0.05) is 38.1 Å². The SMILES string of the molecule is Cc1ncc(C(=O)N2CCOCC2)c([C@H]2CCCN2C(=O)Cn2ccccc2=O)n1. The summed E-state index contributed by atoms with van der Waals surface area (Å²) >= 11 is 0. The van der Waals surface area contributed by atoms with Crippen LogP contribution in [0.1, 0.15) is 40.8 Å². The van der Waals surface area contributed by atoms with Gasteiger partial charge in [0.25, 0.3) is 11.5 Å². The third-order valence-electron chi connectivity index (χ3n) is 5.56. The standard InChI is InChI=1S/C21H25N5O4/c1-15-22-13-16(21(29)24-9-11-30-12-10-24)20(23-15)17-5-4-8-26(17)19(28)14-25-7-3-2-6-18(25)27/h2-3,6-7,13,17H,4-5,8-12,14H2,1H3/t17-/m1/s1. The summed E-state index contributed by atoms with van der Waals surface area (Å²) in [5.74, 6) is 0.265. The van der Waals surface area contributed by atoms with Crippen molar-refractivity contribution in [2.24, 2.45) is 0 Å². The van der Waals surface area contributed by atoms with Crippen LogP contribution in [0.4, 0.5) is 0 Å². The Kier molecular flexibility index (Phi) is 5.89. The number of rotatable bonds is 4. The van der Waals surface area contributed by atoms with Crippen molar-refractivity contribution in [1.82, 2.24) is 24.3 Å². The summed E-state index contributed by atoms with van der Waals surface area (Å²) in [6.07, 6.45) is 4.70. The van der Waals surface area contributed by atoms with Crippen molar-refractivity contribution < 1.29 is 14.3 Å². The van der Waals surface area contributed by atoms with Gasteiger partial charge in [-0.3, -0.25) is 14.4 Å². The van der Waals surface area contributed by atoms with Gasteiger partial charge in [0.15, 0.2) is 0 Å². The number of aromatic nitrogens is 3. The first-order chi connectivity index (χ1) is 14.5. The van der Waals surface area contributed by atoms with Crippen molar-refractivity contribution in [2.45, 2.75) is 32.4 Å². The second-order valence-electron chi connectivity index (χ2n) is 7.53. The summed E-state index contributed by atoms with van der Waals surface area (Å²) in [5.41, 5.74) is 0.803. The van der Waals surface area contributed by atoms with Crippen LogP contribution in [0.2, 0.25) is 0 Å². The van der Waals surface area contributed by atoms with Gasteiger partial charge >= 0.3 is 0 Å². The van der Waals surface area contributed by atoms with Crippen LogP contribution in [-0.2, 0) is 16.1 Å². The molecule has 2 fully saturated rings. The van der Waals surface area contributed by atoms with Crippen molar-refractivity contribution >= 4 is 11.8 Å². The first kappa shape index (κ1) is 20.2. The van der Waals surface area contributed by atoms with E-state index in [0.29, 0.717) is 49.9 Å². The van der Waals surface area contributed by atoms with Crippen LogP contribution in [0.3, 0.4) is 0 Å². The first-order valence-corrected chi connectivity index (χ1v) is 10.2. The summed E-state index contributed by atoms with van der Waals surface area (Å²) < 4.78 is 6.74. The third kappa shape index (κ3) is 4.11. The Morgan fingerprint density at radius 2 is 2.00 bits per heavy atom. The van der Waals surface area contributed by atoms with E-state index < -0.39 is 0 Å². The average molecular weight is 411 g/mol. The molecule has 2 amide bonds. The maximum atomic E-state index is 13.1. The number of hydrogen-bond acceptors (Lipinski definition) is 6. The minimum atomic E-state index is -0.307. The fraction of sp³-hybridized carbons (Fsp3) is 0.476. The molecule has 158 valence electrons. The highest BCUT2D eigenvalue weighted by atomic mass is 16.5. The van der Waals surface area contributed by atoms with Crippen molar-refractivity contribution in [1.29, 1.82) is 0 Å². The van der Waals surface area contributed by atoms with Crippen molar-refractivity contribution in [3.8, 4) is 0 Å². The zero-order chi connectivity index (χ0) is 21.1. The number of aryl methyl sites for hydroxylation is 1. The molecule has 9 nitrogen and oxygen atoms in total. The monoisotopic (exact) mass is 411 g/mol. The molecule has 30 heavy (non-hydrogen) atoms. The maximum absolute atomic E-state index is 13.1. The molecule has 2 aromatic heterocycles. The lowest BCUT2D eigenvalue weighted by atomic mass is 10.0. The lowest BCUT2D eigenvalue weighted by molar-refractivity contribution is -0.132. The Labute approximate surface area is 174 Å². The van der Waals surface area contributed by atoms with Gasteiger partial charge in [-0.25, -0.2) is 9.97 Å². The molecule has 1 atom stereocenters. The van der Waals surface area contributed by atoms with E-state index in [1.807, 2.05) is 0 Å². The molecule has 0 radical (unpaired) electrons. The minimum Gasteiger partial charge on any atom is -0.378 e. The van der Waals surface area contributed by atoms with Gasteiger partial charge in [-0.2, -0.15) is 0 Å². The molecule has 0 N–H and O–H groups in total. The van der Waals surface area contributed by atoms with Gasteiger partial charge in [0.1, 0.15) is 12.4 Å². The van der Waals surface area contributed by atoms with Crippen molar-refractivity contribution in [3.63, 3.8) is 0 Å². The number of carbonyl (C=O) groups is 2. The van der Waals surface area contributed by atoms with Crippen LogP contribution in [-0.4, -0.2) is 69.0 Å². The second kappa shape index (κ2) is 8.74.